The van der Waals surface area contributed by atoms with Crippen molar-refractivity contribution in [3.05, 3.63) is 29.8 Å². The lowest BCUT2D eigenvalue weighted by atomic mass is 10.0. The van der Waals surface area contributed by atoms with Crippen LogP contribution in [0.5, 0.6) is 0 Å². The second-order valence-corrected chi connectivity index (χ2v) is 7.18. The van der Waals surface area contributed by atoms with E-state index in [4.69, 9.17) is 11.5 Å². The van der Waals surface area contributed by atoms with E-state index in [2.05, 4.69) is 4.72 Å². The first kappa shape index (κ1) is 16.6. The van der Waals surface area contributed by atoms with Crippen molar-refractivity contribution in [2.45, 2.75) is 43.7 Å². The molecule has 0 saturated heterocycles. The Hall–Kier alpha value is -1.44. The van der Waals surface area contributed by atoms with Gasteiger partial charge in [-0.15, -0.1) is 0 Å². The van der Waals surface area contributed by atoms with E-state index in [9.17, 15) is 13.2 Å². The summed E-state index contributed by atoms with van der Waals surface area (Å²) in [7, 11) is -3.73. The molecule has 1 unspecified atom stereocenters. The molecule has 5 N–H and O–H groups in total. The smallest absolute Gasteiger partial charge is 0.241 e. The van der Waals surface area contributed by atoms with Gasteiger partial charge in [0.25, 0.3) is 0 Å². The third kappa shape index (κ3) is 4.59. The molecular formula is C13H21N3O3S. The molecule has 0 aliphatic heterocycles. The predicted molar refractivity (Wildman–Crippen MR) is 77.3 cm³/mol. The van der Waals surface area contributed by atoms with Crippen LogP contribution in [0.3, 0.4) is 0 Å². The highest BCUT2D eigenvalue weighted by atomic mass is 32.2. The van der Waals surface area contributed by atoms with Crippen molar-refractivity contribution in [3.8, 4) is 0 Å². The number of amides is 1. The van der Waals surface area contributed by atoms with Crippen LogP contribution in [0.1, 0.15) is 38.8 Å². The number of primary amides is 1. The summed E-state index contributed by atoms with van der Waals surface area (Å²) in [5.74, 6) is -0.568. The first-order valence-electron chi connectivity index (χ1n) is 6.21. The number of carbonyl (C=O) groups is 1. The SMILES string of the molecule is CC(N)c1cccc(S(=O)(=O)NC(C)(C)CC(N)=O)c1. The van der Waals surface area contributed by atoms with Crippen LogP contribution in [0.2, 0.25) is 0 Å². The predicted octanol–water partition coefficient (Wildman–Crippen LogP) is 0.639. The Morgan fingerprint density at radius 3 is 2.50 bits per heavy atom. The largest absolute Gasteiger partial charge is 0.370 e. The highest BCUT2D eigenvalue weighted by Gasteiger charge is 2.28. The Balaban J connectivity index is 3.05. The van der Waals surface area contributed by atoms with Crippen LogP contribution in [0.15, 0.2) is 29.2 Å². The third-order valence-electron chi connectivity index (χ3n) is 2.72. The van der Waals surface area contributed by atoms with Gasteiger partial charge in [-0.05, 0) is 38.5 Å². The highest BCUT2D eigenvalue weighted by molar-refractivity contribution is 7.89. The molecule has 112 valence electrons. The molecule has 6 nitrogen and oxygen atoms in total. The van der Waals surface area contributed by atoms with Gasteiger partial charge in [-0.3, -0.25) is 4.79 Å². The molecule has 0 fully saturated rings. The van der Waals surface area contributed by atoms with E-state index in [0.717, 1.165) is 5.56 Å². The van der Waals surface area contributed by atoms with E-state index in [0.29, 0.717) is 0 Å². The maximum absolute atomic E-state index is 12.3. The first-order valence-corrected chi connectivity index (χ1v) is 7.70. The Bertz CT molecular complexity index is 595. The Morgan fingerprint density at radius 2 is 2.00 bits per heavy atom. The topological polar surface area (TPSA) is 115 Å². The summed E-state index contributed by atoms with van der Waals surface area (Å²) in [4.78, 5) is 11.1. The van der Waals surface area contributed by atoms with Crippen LogP contribution in [0.4, 0.5) is 0 Å². The first-order chi connectivity index (χ1) is 9.03. The minimum absolute atomic E-state index is 0.0841. The molecule has 0 aromatic heterocycles. The summed E-state index contributed by atoms with van der Waals surface area (Å²) < 4.78 is 27.1. The van der Waals surface area contributed by atoms with E-state index in [1.165, 1.54) is 12.1 Å². The number of carbonyl (C=O) groups excluding carboxylic acids is 1. The van der Waals surface area contributed by atoms with Crippen LogP contribution in [-0.2, 0) is 14.8 Å². The molecule has 1 atom stereocenters. The number of nitrogens with two attached hydrogens (primary N) is 2. The summed E-state index contributed by atoms with van der Waals surface area (Å²) in [6.45, 7) is 4.98. The Morgan fingerprint density at radius 1 is 1.40 bits per heavy atom. The molecule has 0 aliphatic rings. The fourth-order valence-electron chi connectivity index (χ4n) is 1.86. The maximum Gasteiger partial charge on any atom is 0.241 e. The van der Waals surface area contributed by atoms with E-state index >= 15 is 0 Å². The summed E-state index contributed by atoms with van der Waals surface area (Å²) in [6, 6.07) is 6.14. The second-order valence-electron chi connectivity index (χ2n) is 5.49. The maximum atomic E-state index is 12.3. The van der Waals surface area contributed by atoms with Crippen LogP contribution < -0.4 is 16.2 Å². The van der Waals surface area contributed by atoms with Crippen molar-refractivity contribution in [1.29, 1.82) is 0 Å². The van der Waals surface area contributed by atoms with E-state index < -0.39 is 21.5 Å². The fourth-order valence-corrected chi connectivity index (χ4v) is 3.33. The van der Waals surface area contributed by atoms with Gasteiger partial charge in [-0.1, -0.05) is 12.1 Å². The van der Waals surface area contributed by atoms with Gasteiger partial charge in [-0.2, -0.15) is 0 Å². The normalized spacial score (nSPS) is 14.0. The summed E-state index contributed by atoms with van der Waals surface area (Å²) in [6.07, 6.45) is -0.0841. The average molecular weight is 299 g/mol. The van der Waals surface area contributed by atoms with Gasteiger partial charge in [0, 0.05) is 18.0 Å². The van der Waals surface area contributed by atoms with E-state index in [1.807, 2.05) is 0 Å². The lowest BCUT2D eigenvalue weighted by Gasteiger charge is -2.24. The van der Waals surface area contributed by atoms with Crippen molar-refractivity contribution in [2.75, 3.05) is 0 Å². The zero-order chi connectivity index (χ0) is 15.6. The van der Waals surface area contributed by atoms with E-state index in [-0.39, 0.29) is 17.4 Å². The molecular weight excluding hydrogens is 278 g/mol. The van der Waals surface area contributed by atoms with Crippen molar-refractivity contribution in [2.24, 2.45) is 11.5 Å². The molecule has 7 heteroatoms. The van der Waals surface area contributed by atoms with Gasteiger partial charge in [-0.25, -0.2) is 13.1 Å². The van der Waals surface area contributed by atoms with Crippen LogP contribution in [-0.4, -0.2) is 19.9 Å². The van der Waals surface area contributed by atoms with Gasteiger partial charge in [0.05, 0.1) is 4.90 Å². The second kappa shape index (κ2) is 5.90. The molecule has 0 spiro atoms. The van der Waals surface area contributed by atoms with Gasteiger partial charge in [0.15, 0.2) is 0 Å². The van der Waals surface area contributed by atoms with Crippen molar-refractivity contribution in [1.82, 2.24) is 4.72 Å². The van der Waals surface area contributed by atoms with Crippen LogP contribution in [0, 0.1) is 0 Å². The molecule has 0 saturated carbocycles. The number of rotatable bonds is 6. The monoisotopic (exact) mass is 299 g/mol. The molecule has 1 amide bonds. The summed E-state index contributed by atoms with van der Waals surface area (Å²) >= 11 is 0. The molecule has 20 heavy (non-hydrogen) atoms. The standard InChI is InChI=1S/C13H21N3O3S/c1-9(14)10-5-4-6-11(7-10)20(18,19)16-13(2,3)8-12(15)17/h4-7,9,16H,8,14H2,1-3H3,(H2,15,17). The number of nitrogens with one attached hydrogen (secondary N) is 1. The molecule has 1 aromatic carbocycles. The molecule has 0 radical (unpaired) electrons. The minimum Gasteiger partial charge on any atom is -0.370 e. The van der Waals surface area contributed by atoms with Gasteiger partial charge < -0.3 is 11.5 Å². The molecule has 0 aliphatic carbocycles. The number of benzene rings is 1. The summed E-state index contributed by atoms with van der Waals surface area (Å²) in [5, 5.41) is 0. The average Bonchev–Trinajstić information content (AvgIpc) is 2.25. The Labute approximate surface area is 119 Å². The number of sulfonamides is 1. The fraction of sp³-hybridized carbons (Fsp3) is 0.462. The molecule has 0 bridgehead atoms. The van der Waals surface area contributed by atoms with Gasteiger partial charge in [0.2, 0.25) is 15.9 Å². The lowest BCUT2D eigenvalue weighted by molar-refractivity contribution is -0.119. The zero-order valence-corrected chi connectivity index (χ0v) is 12.7. The van der Waals surface area contributed by atoms with Crippen molar-refractivity contribution in [3.63, 3.8) is 0 Å². The minimum atomic E-state index is -3.73. The van der Waals surface area contributed by atoms with Gasteiger partial charge in [0.1, 0.15) is 0 Å². The van der Waals surface area contributed by atoms with E-state index in [1.54, 1.807) is 32.9 Å². The molecule has 0 heterocycles. The Kier molecular flexibility index (Phi) is 4.90. The van der Waals surface area contributed by atoms with Crippen LogP contribution in [0.25, 0.3) is 0 Å². The lowest BCUT2D eigenvalue weighted by Crippen LogP contribution is -2.45. The number of hydrogen-bond donors (Lipinski definition) is 3. The van der Waals surface area contributed by atoms with Crippen molar-refractivity contribution < 1.29 is 13.2 Å². The quantitative estimate of drug-likeness (QED) is 0.714. The number of hydrogen-bond acceptors (Lipinski definition) is 4. The van der Waals surface area contributed by atoms with Crippen LogP contribution >= 0.6 is 0 Å². The zero-order valence-electron chi connectivity index (χ0n) is 11.9. The van der Waals surface area contributed by atoms with Crippen molar-refractivity contribution >= 4 is 15.9 Å². The molecule has 1 rings (SSSR count). The van der Waals surface area contributed by atoms with Gasteiger partial charge >= 0.3 is 0 Å². The summed E-state index contributed by atoms with van der Waals surface area (Å²) in [5.41, 5.74) is 10.6. The highest BCUT2D eigenvalue weighted by Crippen LogP contribution is 2.19. The third-order valence-corrected chi connectivity index (χ3v) is 4.42. The molecule has 1 aromatic rings.